The van der Waals surface area contributed by atoms with Gasteiger partial charge in [-0.15, -0.1) is 0 Å². The molecule has 1 amide bonds. The highest BCUT2D eigenvalue weighted by atomic mass is 35.5. The highest BCUT2D eigenvalue weighted by molar-refractivity contribution is 7.90. The van der Waals surface area contributed by atoms with E-state index in [2.05, 4.69) is 0 Å². The van der Waals surface area contributed by atoms with Crippen LogP contribution in [-0.4, -0.2) is 14.3 Å². The molecule has 16 heavy (non-hydrogen) atoms. The third kappa shape index (κ3) is 3.50. The first-order chi connectivity index (χ1) is 7.45. The van der Waals surface area contributed by atoms with Gasteiger partial charge in [0.25, 0.3) is 10.0 Å². The average molecular weight is 262 g/mol. The maximum Gasteiger partial charge on any atom is 0.264 e. The molecule has 0 aliphatic rings. The van der Waals surface area contributed by atoms with Crippen LogP contribution in [0.5, 0.6) is 0 Å². The maximum atomic E-state index is 11.7. The van der Waals surface area contributed by atoms with E-state index in [1.54, 1.807) is 6.92 Å². The molecule has 0 bridgehead atoms. The summed E-state index contributed by atoms with van der Waals surface area (Å²) < 4.78 is 25.3. The Morgan fingerprint density at radius 1 is 1.31 bits per heavy atom. The molecule has 1 N–H and O–H groups in total. The van der Waals surface area contributed by atoms with E-state index >= 15 is 0 Å². The van der Waals surface area contributed by atoms with Crippen molar-refractivity contribution in [2.45, 2.75) is 24.7 Å². The van der Waals surface area contributed by atoms with E-state index in [0.717, 1.165) is 0 Å². The van der Waals surface area contributed by atoms with Crippen LogP contribution in [0.4, 0.5) is 0 Å². The highest BCUT2D eigenvalue weighted by Gasteiger charge is 2.16. The Balaban J connectivity index is 2.86. The van der Waals surface area contributed by atoms with E-state index in [1.165, 1.54) is 24.3 Å². The van der Waals surface area contributed by atoms with E-state index in [9.17, 15) is 13.2 Å². The van der Waals surface area contributed by atoms with Gasteiger partial charge in [0.2, 0.25) is 5.91 Å². The Labute approximate surface area is 99.7 Å². The Kier molecular flexibility index (Phi) is 4.32. The first kappa shape index (κ1) is 13.0. The molecule has 4 nitrogen and oxygen atoms in total. The molecule has 0 aliphatic carbocycles. The summed E-state index contributed by atoms with van der Waals surface area (Å²) in [6.07, 6.45) is 0.786. The number of hydrogen-bond donors (Lipinski definition) is 1. The first-order valence-corrected chi connectivity index (χ1v) is 6.63. The molecule has 0 fully saturated rings. The number of sulfonamides is 1. The number of amides is 1. The molecule has 1 aromatic rings. The van der Waals surface area contributed by atoms with Gasteiger partial charge in [0.1, 0.15) is 0 Å². The number of halogens is 1. The van der Waals surface area contributed by atoms with Gasteiger partial charge < -0.3 is 0 Å². The van der Waals surface area contributed by atoms with Gasteiger partial charge in [-0.1, -0.05) is 18.5 Å². The fraction of sp³-hybridized carbons (Fsp3) is 0.300. The van der Waals surface area contributed by atoms with Crippen molar-refractivity contribution in [3.05, 3.63) is 29.3 Å². The van der Waals surface area contributed by atoms with Crippen LogP contribution in [0.1, 0.15) is 19.8 Å². The minimum atomic E-state index is -3.76. The zero-order valence-corrected chi connectivity index (χ0v) is 10.3. The predicted octanol–water partition coefficient (Wildman–Crippen LogP) is 1.95. The lowest BCUT2D eigenvalue weighted by Gasteiger charge is -2.05. The lowest BCUT2D eigenvalue weighted by Crippen LogP contribution is -2.30. The van der Waals surface area contributed by atoms with Crippen LogP contribution in [0, 0.1) is 0 Å². The van der Waals surface area contributed by atoms with Crippen molar-refractivity contribution in [3.63, 3.8) is 0 Å². The van der Waals surface area contributed by atoms with Crippen LogP contribution in [0.3, 0.4) is 0 Å². The van der Waals surface area contributed by atoms with Crippen molar-refractivity contribution in [1.82, 2.24) is 4.72 Å². The third-order valence-electron chi connectivity index (χ3n) is 1.85. The molecule has 0 aliphatic heterocycles. The van der Waals surface area contributed by atoms with Crippen LogP contribution >= 0.6 is 11.6 Å². The molecule has 0 radical (unpaired) electrons. The fourth-order valence-electron chi connectivity index (χ4n) is 1.10. The average Bonchev–Trinajstić information content (AvgIpc) is 2.17. The van der Waals surface area contributed by atoms with Crippen LogP contribution in [0.15, 0.2) is 29.2 Å². The van der Waals surface area contributed by atoms with Crippen LogP contribution in [0.2, 0.25) is 5.02 Å². The highest BCUT2D eigenvalue weighted by Crippen LogP contribution is 2.13. The van der Waals surface area contributed by atoms with Crippen LogP contribution in [-0.2, 0) is 14.8 Å². The van der Waals surface area contributed by atoms with Gasteiger partial charge in [-0.3, -0.25) is 4.79 Å². The van der Waals surface area contributed by atoms with E-state index < -0.39 is 15.9 Å². The molecule has 0 spiro atoms. The summed E-state index contributed by atoms with van der Waals surface area (Å²) in [5, 5.41) is 0.443. The number of benzene rings is 1. The monoisotopic (exact) mass is 261 g/mol. The van der Waals surface area contributed by atoms with Gasteiger partial charge in [0.15, 0.2) is 0 Å². The smallest absolute Gasteiger partial charge is 0.264 e. The zero-order valence-electron chi connectivity index (χ0n) is 8.73. The molecular formula is C10H12ClNO3S. The van der Waals surface area contributed by atoms with E-state index in [-0.39, 0.29) is 11.3 Å². The van der Waals surface area contributed by atoms with E-state index in [0.29, 0.717) is 11.4 Å². The van der Waals surface area contributed by atoms with Gasteiger partial charge in [0, 0.05) is 11.4 Å². The molecular weight excluding hydrogens is 250 g/mol. The summed E-state index contributed by atoms with van der Waals surface area (Å²) in [4.78, 5) is 11.2. The standard InChI is InChI=1S/C10H12ClNO3S/c1-2-3-10(13)12-16(14,15)9-6-4-8(11)5-7-9/h4-7H,2-3H2,1H3,(H,12,13). The minimum Gasteiger partial charge on any atom is -0.274 e. The first-order valence-electron chi connectivity index (χ1n) is 4.77. The Morgan fingerprint density at radius 2 is 1.88 bits per heavy atom. The van der Waals surface area contributed by atoms with Crippen LogP contribution < -0.4 is 4.72 Å². The number of hydrogen-bond acceptors (Lipinski definition) is 3. The molecule has 0 atom stereocenters. The summed E-state index contributed by atoms with van der Waals surface area (Å²) in [6, 6.07) is 5.62. The second kappa shape index (κ2) is 5.32. The van der Waals surface area contributed by atoms with E-state index in [4.69, 9.17) is 11.6 Å². The maximum absolute atomic E-state index is 11.7. The lowest BCUT2D eigenvalue weighted by molar-refractivity contribution is -0.119. The summed E-state index contributed by atoms with van der Waals surface area (Å²) in [5.41, 5.74) is 0. The SMILES string of the molecule is CCCC(=O)NS(=O)(=O)c1ccc(Cl)cc1. The van der Waals surface area contributed by atoms with Crippen molar-refractivity contribution < 1.29 is 13.2 Å². The third-order valence-corrected chi connectivity index (χ3v) is 3.49. The molecule has 0 unspecified atom stereocenters. The van der Waals surface area contributed by atoms with Crippen molar-refractivity contribution >= 4 is 27.5 Å². The molecule has 1 aromatic carbocycles. The van der Waals surface area contributed by atoms with Gasteiger partial charge in [0.05, 0.1) is 4.90 Å². The predicted molar refractivity (Wildman–Crippen MR) is 61.7 cm³/mol. The van der Waals surface area contributed by atoms with Gasteiger partial charge >= 0.3 is 0 Å². The number of carbonyl (C=O) groups excluding carboxylic acids is 1. The van der Waals surface area contributed by atoms with Crippen LogP contribution in [0.25, 0.3) is 0 Å². The topological polar surface area (TPSA) is 63.2 Å². The summed E-state index contributed by atoms with van der Waals surface area (Å²) in [6.45, 7) is 1.80. The van der Waals surface area contributed by atoms with Gasteiger partial charge in [-0.25, -0.2) is 13.1 Å². The van der Waals surface area contributed by atoms with E-state index in [1.807, 2.05) is 4.72 Å². The van der Waals surface area contributed by atoms with Gasteiger partial charge in [-0.05, 0) is 30.7 Å². The molecule has 1 rings (SSSR count). The Hall–Kier alpha value is -1.07. The molecule has 0 saturated carbocycles. The number of carbonyl (C=O) groups is 1. The molecule has 0 saturated heterocycles. The Morgan fingerprint density at radius 3 is 2.38 bits per heavy atom. The Bertz CT molecular complexity index is 467. The molecule has 0 aromatic heterocycles. The van der Waals surface area contributed by atoms with Gasteiger partial charge in [-0.2, -0.15) is 0 Å². The summed E-state index contributed by atoms with van der Waals surface area (Å²) in [7, 11) is -3.76. The molecule has 88 valence electrons. The largest absolute Gasteiger partial charge is 0.274 e. The number of rotatable bonds is 4. The second-order valence-electron chi connectivity index (χ2n) is 3.23. The van der Waals surface area contributed by atoms with Crippen molar-refractivity contribution in [2.75, 3.05) is 0 Å². The summed E-state index contributed by atoms with van der Waals surface area (Å²) >= 11 is 5.64. The van der Waals surface area contributed by atoms with Crippen molar-refractivity contribution in [3.8, 4) is 0 Å². The quantitative estimate of drug-likeness (QED) is 0.901. The number of nitrogens with one attached hydrogen (secondary N) is 1. The lowest BCUT2D eigenvalue weighted by atomic mass is 10.3. The molecule has 0 heterocycles. The zero-order chi connectivity index (χ0) is 12.2. The van der Waals surface area contributed by atoms with Crippen molar-refractivity contribution in [1.29, 1.82) is 0 Å². The minimum absolute atomic E-state index is 0.0290. The van der Waals surface area contributed by atoms with Crippen molar-refractivity contribution in [2.24, 2.45) is 0 Å². The normalized spacial score (nSPS) is 11.1. The second-order valence-corrected chi connectivity index (χ2v) is 5.35. The fourth-order valence-corrected chi connectivity index (χ4v) is 2.24. The molecule has 6 heteroatoms. The summed E-state index contributed by atoms with van der Waals surface area (Å²) in [5.74, 6) is -0.502.